The van der Waals surface area contributed by atoms with Gasteiger partial charge >= 0.3 is 0 Å². The van der Waals surface area contributed by atoms with Gasteiger partial charge in [-0.05, 0) is 42.7 Å². The number of rotatable bonds is 4. The van der Waals surface area contributed by atoms with Gasteiger partial charge in [-0.25, -0.2) is 0 Å². The zero-order valence-corrected chi connectivity index (χ0v) is 15.8. The molecule has 0 fully saturated rings. The molecular formula is C20H19N5OS. The quantitative estimate of drug-likeness (QED) is 0.757. The van der Waals surface area contributed by atoms with E-state index in [1.807, 2.05) is 41.8 Å². The van der Waals surface area contributed by atoms with Crippen molar-refractivity contribution in [3.63, 3.8) is 0 Å². The number of nitriles is 1. The number of carbonyl (C=O) groups is 1. The molecule has 27 heavy (non-hydrogen) atoms. The molecule has 1 N–H and O–H groups in total. The molecular weight excluding hydrogens is 358 g/mol. The Hall–Kier alpha value is -2.98. The largest absolute Gasteiger partial charge is 0.352 e. The summed E-state index contributed by atoms with van der Waals surface area (Å²) in [4.78, 5) is 14.4. The van der Waals surface area contributed by atoms with Crippen LogP contribution in [0.3, 0.4) is 0 Å². The van der Waals surface area contributed by atoms with E-state index < -0.39 is 0 Å². The number of aryl methyl sites for hydroxylation is 2. The van der Waals surface area contributed by atoms with Gasteiger partial charge < -0.3 is 9.88 Å². The average Bonchev–Trinajstić information content (AvgIpc) is 3.33. The third-order valence-electron chi connectivity index (χ3n) is 4.90. The maximum absolute atomic E-state index is 12.6. The maximum Gasteiger partial charge on any atom is 0.225 e. The molecule has 0 saturated carbocycles. The molecule has 1 aliphatic heterocycles. The lowest BCUT2D eigenvalue weighted by Gasteiger charge is -2.23. The van der Waals surface area contributed by atoms with E-state index in [9.17, 15) is 4.79 Å². The van der Waals surface area contributed by atoms with Crippen LogP contribution in [0.15, 0.2) is 36.4 Å². The molecule has 0 saturated heterocycles. The van der Waals surface area contributed by atoms with Gasteiger partial charge in [0.15, 0.2) is 0 Å². The minimum absolute atomic E-state index is 0.0501. The summed E-state index contributed by atoms with van der Waals surface area (Å²) in [6.45, 7) is 3.06. The van der Waals surface area contributed by atoms with Crippen molar-refractivity contribution in [3.8, 4) is 16.5 Å². The van der Waals surface area contributed by atoms with Crippen LogP contribution in [-0.4, -0.2) is 20.7 Å². The molecule has 1 unspecified atom stereocenters. The van der Waals surface area contributed by atoms with Gasteiger partial charge in [0.05, 0.1) is 5.92 Å². The molecule has 0 bridgehead atoms. The highest BCUT2D eigenvalue weighted by Crippen LogP contribution is 2.28. The zero-order valence-electron chi connectivity index (χ0n) is 15.0. The van der Waals surface area contributed by atoms with Crippen LogP contribution in [0.2, 0.25) is 0 Å². The monoisotopic (exact) mass is 377 g/mol. The standard InChI is InChI=1S/C20H19N5OS/c1-13-23-24-19-8-5-16(12-25(13)19)20(26)22-11-14-3-2-4-15(9-14)18-7-6-17(10-21)27-18/h2-4,6-7,9,16H,5,8,11-12H2,1H3,(H,22,26). The lowest BCUT2D eigenvalue weighted by Crippen LogP contribution is -2.36. The van der Waals surface area contributed by atoms with Gasteiger partial charge in [0.1, 0.15) is 22.6 Å². The molecule has 0 aliphatic carbocycles. The molecule has 0 spiro atoms. The Morgan fingerprint density at radius 2 is 2.26 bits per heavy atom. The Morgan fingerprint density at radius 3 is 3.07 bits per heavy atom. The molecule has 2 aromatic heterocycles. The Bertz CT molecular complexity index is 1030. The number of hydrogen-bond acceptors (Lipinski definition) is 5. The minimum Gasteiger partial charge on any atom is -0.352 e. The van der Waals surface area contributed by atoms with Crippen molar-refractivity contribution in [2.24, 2.45) is 5.92 Å². The number of aromatic nitrogens is 3. The first-order chi connectivity index (χ1) is 13.1. The predicted octanol–water partition coefficient (Wildman–Crippen LogP) is 3.07. The summed E-state index contributed by atoms with van der Waals surface area (Å²) in [5.74, 6) is 1.85. The second kappa shape index (κ2) is 7.33. The second-order valence-electron chi connectivity index (χ2n) is 6.70. The smallest absolute Gasteiger partial charge is 0.225 e. The molecule has 1 aromatic carbocycles. The van der Waals surface area contributed by atoms with Gasteiger partial charge in [0, 0.05) is 24.4 Å². The molecule has 1 atom stereocenters. The number of carbonyl (C=O) groups excluding carboxylic acids is 1. The fourth-order valence-corrected chi connectivity index (χ4v) is 4.20. The molecule has 1 amide bonds. The summed E-state index contributed by atoms with van der Waals surface area (Å²) in [5, 5.41) is 20.3. The van der Waals surface area contributed by atoms with Crippen molar-refractivity contribution >= 4 is 17.2 Å². The molecule has 136 valence electrons. The van der Waals surface area contributed by atoms with Gasteiger partial charge in [-0.15, -0.1) is 21.5 Å². The van der Waals surface area contributed by atoms with E-state index in [0.29, 0.717) is 18.0 Å². The van der Waals surface area contributed by atoms with Gasteiger partial charge in [0.25, 0.3) is 0 Å². The number of benzene rings is 1. The Kier molecular flexibility index (Phi) is 4.73. The molecule has 3 aromatic rings. The number of fused-ring (bicyclic) bond motifs is 1. The average molecular weight is 377 g/mol. The van der Waals surface area contributed by atoms with Crippen molar-refractivity contribution in [1.82, 2.24) is 20.1 Å². The van der Waals surface area contributed by atoms with Crippen LogP contribution in [-0.2, 0) is 24.3 Å². The first-order valence-electron chi connectivity index (χ1n) is 8.89. The highest BCUT2D eigenvalue weighted by molar-refractivity contribution is 7.16. The van der Waals surface area contributed by atoms with Crippen LogP contribution in [0.5, 0.6) is 0 Å². The maximum atomic E-state index is 12.6. The van der Waals surface area contributed by atoms with Gasteiger partial charge in [0.2, 0.25) is 5.91 Å². The molecule has 6 nitrogen and oxygen atoms in total. The molecule has 4 rings (SSSR count). The summed E-state index contributed by atoms with van der Waals surface area (Å²) in [6.07, 6.45) is 1.59. The fraction of sp³-hybridized carbons (Fsp3) is 0.300. The van der Waals surface area contributed by atoms with E-state index in [-0.39, 0.29) is 11.8 Å². The number of amides is 1. The van der Waals surface area contributed by atoms with Crippen molar-refractivity contribution < 1.29 is 4.79 Å². The fourth-order valence-electron chi connectivity index (χ4n) is 3.40. The SMILES string of the molecule is Cc1nnc2n1CC(C(=O)NCc1cccc(-c3ccc(C#N)s3)c1)CC2. The summed E-state index contributed by atoms with van der Waals surface area (Å²) in [6, 6.07) is 14.0. The van der Waals surface area contributed by atoms with E-state index >= 15 is 0 Å². The number of nitrogens with one attached hydrogen (secondary N) is 1. The van der Waals surface area contributed by atoms with Crippen molar-refractivity contribution in [3.05, 3.63) is 58.5 Å². The van der Waals surface area contributed by atoms with Crippen molar-refractivity contribution in [1.29, 1.82) is 5.26 Å². The Morgan fingerprint density at radius 1 is 1.37 bits per heavy atom. The summed E-state index contributed by atoms with van der Waals surface area (Å²) in [5.41, 5.74) is 2.11. The van der Waals surface area contributed by atoms with Crippen molar-refractivity contribution in [2.45, 2.75) is 32.9 Å². The first kappa shape index (κ1) is 17.4. The van der Waals surface area contributed by atoms with E-state index in [4.69, 9.17) is 5.26 Å². The third kappa shape index (κ3) is 3.62. The number of hydrogen-bond donors (Lipinski definition) is 1. The first-order valence-corrected chi connectivity index (χ1v) is 9.71. The lowest BCUT2D eigenvalue weighted by molar-refractivity contribution is -0.126. The van der Waals surface area contributed by atoms with Crippen LogP contribution >= 0.6 is 11.3 Å². The number of thiophene rings is 1. The van der Waals surface area contributed by atoms with Crippen LogP contribution in [0.4, 0.5) is 0 Å². The topological polar surface area (TPSA) is 83.6 Å². The van der Waals surface area contributed by atoms with E-state index in [1.54, 1.807) is 0 Å². The highest BCUT2D eigenvalue weighted by Gasteiger charge is 2.26. The van der Waals surface area contributed by atoms with Gasteiger partial charge in [-0.3, -0.25) is 4.79 Å². The third-order valence-corrected chi connectivity index (χ3v) is 5.94. The van der Waals surface area contributed by atoms with E-state index in [1.165, 1.54) is 11.3 Å². The summed E-state index contributed by atoms with van der Waals surface area (Å²) in [7, 11) is 0. The van der Waals surface area contributed by atoms with Gasteiger partial charge in [-0.2, -0.15) is 5.26 Å². The van der Waals surface area contributed by atoms with Crippen LogP contribution in [0, 0.1) is 24.2 Å². The number of nitrogens with zero attached hydrogens (tertiary/aromatic N) is 4. The van der Waals surface area contributed by atoms with Crippen LogP contribution in [0.1, 0.15) is 28.5 Å². The van der Waals surface area contributed by atoms with E-state index in [0.717, 1.165) is 40.5 Å². The zero-order chi connectivity index (χ0) is 18.8. The summed E-state index contributed by atoms with van der Waals surface area (Å²) >= 11 is 1.47. The summed E-state index contributed by atoms with van der Waals surface area (Å²) < 4.78 is 2.04. The van der Waals surface area contributed by atoms with Gasteiger partial charge in [-0.1, -0.05) is 18.2 Å². The van der Waals surface area contributed by atoms with Crippen molar-refractivity contribution in [2.75, 3.05) is 0 Å². The normalized spacial score (nSPS) is 15.8. The molecule has 1 aliphatic rings. The minimum atomic E-state index is -0.0501. The molecule has 3 heterocycles. The van der Waals surface area contributed by atoms with Crippen LogP contribution < -0.4 is 5.32 Å². The predicted molar refractivity (Wildman–Crippen MR) is 103 cm³/mol. The second-order valence-corrected chi connectivity index (χ2v) is 7.79. The van der Waals surface area contributed by atoms with Crippen LogP contribution in [0.25, 0.3) is 10.4 Å². The molecule has 0 radical (unpaired) electrons. The Balaban J connectivity index is 1.40. The lowest BCUT2D eigenvalue weighted by atomic mass is 9.98. The highest BCUT2D eigenvalue weighted by atomic mass is 32.1. The van der Waals surface area contributed by atoms with E-state index in [2.05, 4.69) is 27.6 Å². The Labute approximate surface area is 161 Å². The molecule has 7 heteroatoms.